The van der Waals surface area contributed by atoms with E-state index in [1.54, 1.807) is 16.8 Å². The van der Waals surface area contributed by atoms with Crippen molar-refractivity contribution in [3.05, 3.63) is 40.1 Å². The molecule has 1 amide bonds. The number of hydrogen-bond donors (Lipinski definition) is 2. The number of aryl methyl sites for hydroxylation is 1. The van der Waals surface area contributed by atoms with Crippen molar-refractivity contribution in [3.63, 3.8) is 0 Å². The second-order valence-electron chi connectivity index (χ2n) is 4.45. The van der Waals surface area contributed by atoms with E-state index in [1.807, 2.05) is 6.92 Å². The van der Waals surface area contributed by atoms with Crippen LogP contribution in [0.1, 0.15) is 10.6 Å². The first kappa shape index (κ1) is 15.4. The van der Waals surface area contributed by atoms with E-state index in [9.17, 15) is 9.18 Å². The molecule has 21 heavy (non-hydrogen) atoms. The Bertz CT molecular complexity index is 630. The van der Waals surface area contributed by atoms with E-state index in [1.165, 1.54) is 18.2 Å². The van der Waals surface area contributed by atoms with Crippen LogP contribution in [0.2, 0.25) is 0 Å². The molecule has 0 aliphatic rings. The maximum atomic E-state index is 13.0. The summed E-state index contributed by atoms with van der Waals surface area (Å²) < 4.78 is 18.3. The fourth-order valence-corrected chi connectivity index (χ4v) is 2.48. The summed E-state index contributed by atoms with van der Waals surface area (Å²) in [5, 5.41) is 2.59. The van der Waals surface area contributed by atoms with E-state index in [-0.39, 0.29) is 18.2 Å². The average Bonchev–Trinajstić information content (AvgIpc) is 2.85. The van der Waals surface area contributed by atoms with Gasteiger partial charge >= 0.3 is 0 Å². The molecule has 0 spiro atoms. The number of aromatic nitrogens is 1. The number of hydrogen-bond acceptors (Lipinski definition) is 5. The lowest BCUT2D eigenvalue weighted by Gasteiger charge is -2.07. The normalized spacial score (nSPS) is 10.6. The second-order valence-corrected chi connectivity index (χ2v) is 5.39. The van der Waals surface area contributed by atoms with Gasteiger partial charge in [0.2, 0.25) is 5.91 Å². The van der Waals surface area contributed by atoms with Gasteiger partial charge < -0.3 is 15.8 Å². The van der Waals surface area contributed by atoms with Crippen LogP contribution in [0.5, 0.6) is 0 Å². The molecular formula is C14H16FN3O2S. The maximum absolute atomic E-state index is 13.0. The number of nitrogens with zero attached hydrogens (tertiary/aromatic N) is 1. The average molecular weight is 309 g/mol. The number of rotatable bonds is 6. The third kappa shape index (κ3) is 4.51. The third-order valence-electron chi connectivity index (χ3n) is 2.83. The molecular weight excluding hydrogens is 293 g/mol. The summed E-state index contributed by atoms with van der Waals surface area (Å²) >= 11 is 1.57. The minimum absolute atomic E-state index is 0.00520. The zero-order chi connectivity index (χ0) is 15.2. The monoisotopic (exact) mass is 309 g/mol. The number of nitrogens with two attached hydrogens (primary N) is 1. The Kier molecular flexibility index (Phi) is 5.24. The Labute approximate surface area is 126 Å². The predicted molar refractivity (Wildman–Crippen MR) is 80.8 cm³/mol. The van der Waals surface area contributed by atoms with Crippen LogP contribution in [0.3, 0.4) is 0 Å². The smallest absolute Gasteiger partial charge is 0.250 e. The number of nitrogen functional groups attached to an aromatic ring is 1. The molecule has 0 aliphatic heterocycles. The fourth-order valence-electron chi connectivity index (χ4n) is 1.71. The molecule has 3 N–H and O–H groups in total. The highest BCUT2D eigenvalue weighted by atomic mass is 32.1. The highest BCUT2D eigenvalue weighted by Gasteiger charge is 2.06. The molecule has 0 fully saturated rings. The lowest BCUT2D eigenvalue weighted by Crippen LogP contribution is -2.19. The molecule has 1 heterocycles. The van der Waals surface area contributed by atoms with Crippen LogP contribution in [-0.2, 0) is 16.0 Å². The van der Waals surface area contributed by atoms with Gasteiger partial charge in [-0.2, -0.15) is 0 Å². The van der Waals surface area contributed by atoms with Gasteiger partial charge in [0.1, 0.15) is 12.4 Å². The zero-order valence-electron chi connectivity index (χ0n) is 11.6. The van der Waals surface area contributed by atoms with Gasteiger partial charge in [0.15, 0.2) is 0 Å². The highest BCUT2D eigenvalue weighted by Crippen LogP contribution is 2.16. The molecule has 0 saturated heterocycles. The predicted octanol–water partition coefficient (Wildman–Crippen LogP) is 2.37. The summed E-state index contributed by atoms with van der Waals surface area (Å²) in [7, 11) is 0. The van der Waals surface area contributed by atoms with Gasteiger partial charge in [0.25, 0.3) is 0 Å². The Morgan fingerprint density at radius 1 is 1.52 bits per heavy atom. The van der Waals surface area contributed by atoms with Crippen LogP contribution in [-0.4, -0.2) is 24.1 Å². The molecule has 5 nitrogen and oxygen atoms in total. The molecule has 7 heteroatoms. The van der Waals surface area contributed by atoms with Crippen LogP contribution in [0.25, 0.3) is 0 Å². The van der Waals surface area contributed by atoms with Gasteiger partial charge in [0, 0.05) is 17.0 Å². The van der Waals surface area contributed by atoms with Crippen molar-refractivity contribution in [1.82, 2.24) is 4.98 Å². The number of benzene rings is 1. The van der Waals surface area contributed by atoms with E-state index in [4.69, 9.17) is 10.5 Å². The van der Waals surface area contributed by atoms with Gasteiger partial charge in [-0.3, -0.25) is 4.79 Å². The summed E-state index contributed by atoms with van der Waals surface area (Å²) in [6.45, 7) is 2.33. The highest BCUT2D eigenvalue weighted by molar-refractivity contribution is 7.09. The number of halogens is 1. The number of carbonyl (C=O) groups excluding carboxylic acids is 1. The van der Waals surface area contributed by atoms with E-state index in [0.29, 0.717) is 12.3 Å². The number of thiazole rings is 1. The molecule has 0 unspecified atom stereocenters. The van der Waals surface area contributed by atoms with Crippen molar-refractivity contribution in [2.24, 2.45) is 0 Å². The van der Waals surface area contributed by atoms with Crippen LogP contribution in [0.15, 0.2) is 23.7 Å². The number of amides is 1. The van der Waals surface area contributed by atoms with E-state index in [2.05, 4.69) is 10.3 Å². The van der Waals surface area contributed by atoms with Crippen LogP contribution in [0.4, 0.5) is 15.8 Å². The van der Waals surface area contributed by atoms with E-state index >= 15 is 0 Å². The lowest BCUT2D eigenvalue weighted by atomic mass is 10.2. The van der Waals surface area contributed by atoms with Crippen LogP contribution >= 0.6 is 11.3 Å². The first-order valence-electron chi connectivity index (χ1n) is 6.38. The fraction of sp³-hybridized carbons (Fsp3) is 0.286. The zero-order valence-corrected chi connectivity index (χ0v) is 12.4. The van der Waals surface area contributed by atoms with Crippen LogP contribution in [0, 0.1) is 12.7 Å². The maximum Gasteiger partial charge on any atom is 0.250 e. The van der Waals surface area contributed by atoms with Crippen molar-refractivity contribution in [2.45, 2.75) is 13.3 Å². The third-order valence-corrected chi connectivity index (χ3v) is 3.83. The molecule has 2 rings (SSSR count). The number of carbonyl (C=O) groups is 1. The van der Waals surface area contributed by atoms with Gasteiger partial charge in [-0.1, -0.05) is 0 Å². The van der Waals surface area contributed by atoms with Gasteiger partial charge in [0.05, 0.1) is 23.5 Å². The Balaban J connectivity index is 1.72. The van der Waals surface area contributed by atoms with Gasteiger partial charge in [-0.05, 0) is 25.1 Å². The van der Waals surface area contributed by atoms with Crippen molar-refractivity contribution >= 4 is 28.6 Å². The SMILES string of the molecule is Cc1ncsc1CCOCC(=O)Nc1ccc(F)c(N)c1. The van der Waals surface area contributed by atoms with Crippen LogP contribution < -0.4 is 11.1 Å². The summed E-state index contributed by atoms with van der Waals surface area (Å²) in [5.41, 5.74) is 8.65. The molecule has 0 atom stereocenters. The number of anilines is 2. The summed E-state index contributed by atoms with van der Waals surface area (Å²) in [5.74, 6) is -0.814. The summed E-state index contributed by atoms with van der Waals surface area (Å²) in [4.78, 5) is 17.0. The van der Waals surface area contributed by atoms with E-state index < -0.39 is 5.82 Å². The molecule has 1 aromatic carbocycles. The standard InChI is InChI=1S/C14H16FN3O2S/c1-9-13(21-8-17-9)4-5-20-7-14(19)18-10-2-3-11(15)12(16)6-10/h2-3,6,8H,4-5,7,16H2,1H3,(H,18,19). The molecule has 112 valence electrons. The summed E-state index contributed by atoms with van der Waals surface area (Å²) in [6.07, 6.45) is 0.729. The van der Waals surface area contributed by atoms with Crippen molar-refractivity contribution in [3.8, 4) is 0 Å². The molecule has 0 aliphatic carbocycles. The molecule has 0 radical (unpaired) electrons. The number of nitrogens with one attached hydrogen (secondary N) is 1. The topological polar surface area (TPSA) is 77.2 Å². The van der Waals surface area contributed by atoms with E-state index in [0.717, 1.165) is 17.0 Å². The Morgan fingerprint density at radius 2 is 2.33 bits per heavy atom. The minimum Gasteiger partial charge on any atom is -0.396 e. The first-order valence-corrected chi connectivity index (χ1v) is 7.26. The molecule has 0 saturated carbocycles. The quantitative estimate of drug-likeness (QED) is 0.634. The lowest BCUT2D eigenvalue weighted by molar-refractivity contribution is -0.120. The second kappa shape index (κ2) is 7.14. The molecule has 2 aromatic rings. The van der Waals surface area contributed by atoms with Crippen molar-refractivity contribution in [2.75, 3.05) is 24.3 Å². The van der Waals surface area contributed by atoms with Crippen molar-refractivity contribution < 1.29 is 13.9 Å². The Morgan fingerprint density at radius 3 is 3.00 bits per heavy atom. The largest absolute Gasteiger partial charge is 0.396 e. The van der Waals surface area contributed by atoms with Gasteiger partial charge in [-0.15, -0.1) is 11.3 Å². The molecule has 0 bridgehead atoms. The first-order chi connectivity index (χ1) is 10.1. The minimum atomic E-state index is -0.510. The van der Waals surface area contributed by atoms with Gasteiger partial charge in [-0.25, -0.2) is 9.37 Å². The Hall–Kier alpha value is -1.99. The molecule has 1 aromatic heterocycles. The number of ether oxygens (including phenoxy) is 1. The summed E-state index contributed by atoms with van der Waals surface area (Å²) in [6, 6.07) is 4.02. The van der Waals surface area contributed by atoms with Crippen molar-refractivity contribution in [1.29, 1.82) is 0 Å².